The number of allylic oxidation sites excluding steroid dienone is 1. The van der Waals surface area contributed by atoms with Gasteiger partial charge < -0.3 is 20.1 Å². The van der Waals surface area contributed by atoms with E-state index in [4.69, 9.17) is 21.7 Å². The summed E-state index contributed by atoms with van der Waals surface area (Å²) in [6, 6.07) is 16.7. The number of hydrogen-bond acceptors (Lipinski definition) is 4. The van der Waals surface area contributed by atoms with Crippen LogP contribution in [0.2, 0.25) is 0 Å². The first kappa shape index (κ1) is 17.0. The normalized spacial score (nSPS) is 16.7. The number of para-hydroxylation sites is 1. The predicted octanol–water partition coefficient (Wildman–Crippen LogP) is 3.44. The Bertz CT molecular complexity index is 834. The van der Waals surface area contributed by atoms with Crippen LogP contribution >= 0.6 is 12.2 Å². The standard InChI is InChI=1S/C19H18N2O3S/c1-12-16(18(22)23-2)17(21-19(25)20-12)13-7-6-10-15(11-13)24-14-8-4-3-5-9-14/h3-11,17H,1-2H3,(H2,20,21,25)/t17-/m1/s1. The van der Waals surface area contributed by atoms with E-state index in [2.05, 4.69) is 10.6 Å². The third kappa shape index (κ3) is 3.80. The Kier molecular flexibility index (Phi) is 5.00. The van der Waals surface area contributed by atoms with Crippen LogP contribution < -0.4 is 15.4 Å². The van der Waals surface area contributed by atoms with Gasteiger partial charge in [0.1, 0.15) is 11.5 Å². The van der Waals surface area contributed by atoms with Gasteiger partial charge in [-0.2, -0.15) is 0 Å². The van der Waals surface area contributed by atoms with Gasteiger partial charge in [-0.1, -0.05) is 30.3 Å². The molecular formula is C19H18N2O3S. The molecular weight excluding hydrogens is 336 g/mol. The van der Waals surface area contributed by atoms with Gasteiger partial charge in [-0.05, 0) is 49.0 Å². The van der Waals surface area contributed by atoms with Crippen molar-refractivity contribution in [1.82, 2.24) is 10.6 Å². The Morgan fingerprint density at radius 1 is 1.08 bits per heavy atom. The summed E-state index contributed by atoms with van der Waals surface area (Å²) in [5, 5.41) is 6.55. The summed E-state index contributed by atoms with van der Waals surface area (Å²) >= 11 is 5.23. The predicted molar refractivity (Wildman–Crippen MR) is 99.3 cm³/mol. The van der Waals surface area contributed by atoms with Crippen LogP contribution in [-0.4, -0.2) is 18.2 Å². The average Bonchev–Trinajstić information content (AvgIpc) is 2.61. The summed E-state index contributed by atoms with van der Waals surface area (Å²) in [5.41, 5.74) is 2.03. The molecule has 0 aliphatic carbocycles. The number of carbonyl (C=O) groups is 1. The van der Waals surface area contributed by atoms with Gasteiger partial charge in [0.15, 0.2) is 5.11 Å². The van der Waals surface area contributed by atoms with Gasteiger partial charge in [0.2, 0.25) is 0 Å². The lowest BCUT2D eigenvalue weighted by atomic mass is 9.95. The van der Waals surface area contributed by atoms with Crippen LogP contribution in [0, 0.1) is 0 Å². The van der Waals surface area contributed by atoms with E-state index in [1.807, 2.05) is 54.6 Å². The first-order valence-electron chi connectivity index (χ1n) is 7.78. The van der Waals surface area contributed by atoms with Crippen LogP contribution in [0.1, 0.15) is 18.5 Å². The number of benzene rings is 2. The Morgan fingerprint density at radius 2 is 1.80 bits per heavy atom. The van der Waals surface area contributed by atoms with Crippen molar-refractivity contribution in [2.45, 2.75) is 13.0 Å². The van der Waals surface area contributed by atoms with E-state index in [1.165, 1.54) is 7.11 Å². The van der Waals surface area contributed by atoms with Crippen molar-refractivity contribution in [2.75, 3.05) is 7.11 Å². The molecule has 1 aliphatic heterocycles. The van der Waals surface area contributed by atoms with Gasteiger partial charge in [0, 0.05) is 5.70 Å². The van der Waals surface area contributed by atoms with Crippen molar-refractivity contribution in [3.63, 3.8) is 0 Å². The Hall–Kier alpha value is -2.86. The SMILES string of the molecule is COC(=O)C1=C(C)NC(=S)N[C@@H]1c1cccc(Oc2ccccc2)c1. The van der Waals surface area contributed by atoms with Gasteiger partial charge in [-0.3, -0.25) is 0 Å². The number of rotatable bonds is 4. The highest BCUT2D eigenvalue weighted by molar-refractivity contribution is 7.80. The van der Waals surface area contributed by atoms with Gasteiger partial charge in [-0.15, -0.1) is 0 Å². The lowest BCUT2D eigenvalue weighted by Crippen LogP contribution is -2.45. The first-order valence-corrected chi connectivity index (χ1v) is 8.19. The molecule has 0 amide bonds. The largest absolute Gasteiger partial charge is 0.466 e. The minimum atomic E-state index is -0.403. The molecule has 2 aromatic rings. The lowest BCUT2D eigenvalue weighted by molar-refractivity contribution is -0.136. The van der Waals surface area contributed by atoms with Gasteiger partial charge in [0.05, 0.1) is 18.7 Å². The molecule has 0 saturated heterocycles. The molecule has 0 unspecified atom stereocenters. The summed E-state index contributed by atoms with van der Waals surface area (Å²) in [6.07, 6.45) is 0. The Labute approximate surface area is 151 Å². The molecule has 5 nitrogen and oxygen atoms in total. The molecule has 6 heteroatoms. The molecule has 0 saturated carbocycles. The summed E-state index contributed by atoms with van der Waals surface area (Å²) in [4.78, 5) is 12.2. The van der Waals surface area contributed by atoms with E-state index >= 15 is 0 Å². The Morgan fingerprint density at radius 3 is 2.52 bits per heavy atom. The molecule has 0 aromatic heterocycles. The number of esters is 1. The molecule has 1 aliphatic rings. The maximum Gasteiger partial charge on any atom is 0.337 e. The van der Waals surface area contributed by atoms with Crippen LogP contribution in [0.25, 0.3) is 0 Å². The summed E-state index contributed by atoms with van der Waals surface area (Å²) < 4.78 is 10.8. The number of nitrogens with one attached hydrogen (secondary N) is 2. The molecule has 2 aromatic carbocycles. The third-order valence-corrected chi connectivity index (χ3v) is 4.06. The van der Waals surface area contributed by atoms with Crippen LogP contribution in [0.4, 0.5) is 0 Å². The maximum absolute atomic E-state index is 12.2. The summed E-state index contributed by atoms with van der Waals surface area (Å²) in [5.74, 6) is 1.02. The third-order valence-electron chi connectivity index (χ3n) is 3.84. The molecule has 128 valence electrons. The fraction of sp³-hybridized carbons (Fsp3) is 0.158. The van der Waals surface area contributed by atoms with Crippen LogP contribution in [-0.2, 0) is 9.53 Å². The van der Waals surface area contributed by atoms with E-state index in [-0.39, 0.29) is 0 Å². The minimum Gasteiger partial charge on any atom is -0.466 e. The van der Waals surface area contributed by atoms with Gasteiger partial charge in [0.25, 0.3) is 0 Å². The quantitative estimate of drug-likeness (QED) is 0.648. The van der Waals surface area contributed by atoms with Crippen LogP contribution in [0.3, 0.4) is 0 Å². The summed E-state index contributed by atoms with van der Waals surface area (Å²) in [7, 11) is 1.36. The number of methoxy groups -OCH3 is 1. The lowest BCUT2D eigenvalue weighted by Gasteiger charge is -2.29. The number of thiocarbonyl (C=S) groups is 1. The molecule has 1 atom stereocenters. The monoisotopic (exact) mass is 354 g/mol. The van der Waals surface area contributed by atoms with Crippen molar-refractivity contribution in [2.24, 2.45) is 0 Å². The summed E-state index contributed by atoms with van der Waals surface area (Å²) in [6.45, 7) is 1.80. The van der Waals surface area contributed by atoms with E-state index in [9.17, 15) is 4.79 Å². The van der Waals surface area contributed by atoms with E-state index < -0.39 is 12.0 Å². The van der Waals surface area contributed by atoms with E-state index in [1.54, 1.807) is 6.92 Å². The molecule has 2 N–H and O–H groups in total. The van der Waals surface area contributed by atoms with Crippen LogP contribution in [0.15, 0.2) is 65.9 Å². The molecule has 0 spiro atoms. The highest BCUT2D eigenvalue weighted by atomic mass is 32.1. The zero-order valence-corrected chi connectivity index (χ0v) is 14.7. The van der Waals surface area contributed by atoms with Crippen molar-refractivity contribution < 1.29 is 14.3 Å². The molecule has 3 rings (SSSR count). The fourth-order valence-electron chi connectivity index (χ4n) is 2.71. The zero-order valence-electron chi connectivity index (χ0n) is 13.9. The smallest absolute Gasteiger partial charge is 0.337 e. The number of ether oxygens (including phenoxy) is 2. The molecule has 0 fully saturated rings. The van der Waals surface area contributed by atoms with E-state index in [0.29, 0.717) is 22.1 Å². The van der Waals surface area contributed by atoms with Crippen molar-refractivity contribution in [1.29, 1.82) is 0 Å². The van der Waals surface area contributed by atoms with Gasteiger partial charge in [-0.25, -0.2) is 4.79 Å². The fourth-order valence-corrected chi connectivity index (χ4v) is 2.98. The molecule has 25 heavy (non-hydrogen) atoms. The zero-order chi connectivity index (χ0) is 17.8. The van der Waals surface area contributed by atoms with Gasteiger partial charge >= 0.3 is 5.97 Å². The molecule has 1 heterocycles. The maximum atomic E-state index is 12.2. The van der Waals surface area contributed by atoms with E-state index in [0.717, 1.165) is 11.3 Å². The number of carbonyl (C=O) groups excluding carboxylic acids is 1. The highest BCUT2D eigenvalue weighted by Crippen LogP contribution is 2.31. The molecule has 0 radical (unpaired) electrons. The van der Waals surface area contributed by atoms with Crippen molar-refractivity contribution in [3.05, 3.63) is 71.4 Å². The first-order chi connectivity index (χ1) is 12.1. The second-order valence-electron chi connectivity index (χ2n) is 5.55. The Balaban J connectivity index is 1.94. The minimum absolute atomic E-state index is 0.402. The highest BCUT2D eigenvalue weighted by Gasteiger charge is 2.30. The second-order valence-corrected chi connectivity index (χ2v) is 5.96. The number of hydrogen-bond donors (Lipinski definition) is 2. The van der Waals surface area contributed by atoms with Crippen LogP contribution in [0.5, 0.6) is 11.5 Å². The van der Waals surface area contributed by atoms with Crippen molar-refractivity contribution in [3.8, 4) is 11.5 Å². The second kappa shape index (κ2) is 7.36. The average molecular weight is 354 g/mol. The van der Waals surface area contributed by atoms with Crippen molar-refractivity contribution >= 4 is 23.3 Å². The topological polar surface area (TPSA) is 59.6 Å². The molecule has 0 bridgehead atoms.